The number of pyridine rings is 1. The molecule has 0 N–H and O–H groups in total. The molecule has 25 heavy (non-hydrogen) atoms. The first-order valence-electron chi connectivity index (χ1n) is 9.01. The molecule has 3 rings (SSSR count). The van der Waals surface area contributed by atoms with E-state index in [1.807, 2.05) is 6.07 Å². The molecular formula is C21H24FNO2. The van der Waals surface area contributed by atoms with E-state index in [-0.39, 0.29) is 17.7 Å². The van der Waals surface area contributed by atoms with E-state index in [1.54, 1.807) is 24.4 Å². The fourth-order valence-corrected chi connectivity index (χ4v) is 3.24. The highest BCUT2D eigenvalue weighted by atomic mass is 19.1. The van der Waals surface area contributed by atoms with Crippen LogP contribution in [0, 0.1) is 17.7 Å². The fraction of sp³-hybridized carbons (Fsp3) is 0.429. The SMILES string of the molecule is CC1CCC(C(=O)Oc2ccc(CCc3ccc(F)cc3)nc2)CC1. The summed E-state index contributed by atoms with van der Waals surface area (Å²) in [5, 5.41) is 0. The summed E-state index contributed by atoms with van der Waals surface area (Å²) < 4.78 is 18.4. The van der Waals surface area contributed by atoms with Gasteiger partial charge in [0.15, 0.2) is 0 Å². The van der Waals surface area contributed by atoms with E-state index in [2.05, 4.69) is 11.9 Å². The number of aryl methyl sites for hydroxylation is 2. The van der Waals surface area contributed by atoms with Crippen molar-refractivity contribution in [3.63, 3.8) is 0 Å². The van der Waals surface area contributed by atoms with Crippen LogP contribution in [0.25, 0.3) is 0 Å². The Morgan fingerprint density at radius 1 is 1.08 bits per heavy atom. The molecule has 0 bridgehead atoms. The summed E-state index contributed by atoms with van der Waals surface area (Å²) in [6, 6.07) is 10.2. The number of rotatable bonds is 5. The van der Waals surface area contributed by atoms with Gasteiger partial charge in [-0.05, 0) is 74.3 Å². The van der Waals surface area contributed by atoms with E-state index in [9.17, 15) is 9.18 Å². The van der Waals surface area contributed by atoms with Crippen LogP contribution in [0.3, 0.4) is 0 Å². The lowest BCUT2D eigenvalue weighted by Gasteiger charge is -2.24. The molecule has 132 valence electrons. The second kappa shape index (κ2) is 8.24. The molecule has 0 aliphatic heterocycles. The van der Waals surface area contributed by atoms with Gasteiger partial charge in [0.05, 0.1) is 12.1 Å². The molecule has 1 fully saturated rings. The molecule has 4 heteroatoms. The maximum Gasteiger partial charge on any atom is 0.314 e. The zero-order valence-corrected chi connectivity index (χ0v) is 14.6. The minimum atomic E-state index is -0.222. The third-order valence-electron chi connectivity index (χ3n) is 4.95. The minimum absolute atomic E-state index is 0.0225. The van der Waals surface area contributed by atoms with Gasteiger partial charge >= 0.3 is 5.97 Å². The van der Waals surface area contributed by atoms with E-state index < -0.39 is 0 Å². The average molecular weight is 341 g/mol. The lowest BCUT2D eigenvalue weighted by molar-refractivity contribution is -0.140. The van der Waals surface area contributed by atoms with Crippen LogP contribution in [-0.2, 0) is 17.6 Å². The van der Waals surface area contributed by atoms with E-state index in [0.717, 1.165) is 49.8 Å². The summed E-state index contributed by atoms with van der Waals surface area (Å²) in [6.07, 6.45) is 7.21. The molecule has 2 aromatic rings. The van der Waals surface area contributed by atoms with Crippen LogP contribution >= 0.6 is 0 Å². The van der Waals surface area contributed by atoms with Crippen molar-refractivity contribution >= 4 is 5.97 Å². The Labute approximate surface area is 148 Å². The van der Waals surface area contributed by atoms with Crippen LogP contribution in [0.4, 0.5) is 4.39 Å². The molecule has 0 radical (unpaired) electrons. The molecule has 1 aromatic carbocycles. The molecule has 0 amide bonds. The summed E-state index contributed by atoms with van der Waals surface area (Å²) in [4.78, 5) is 16.6. The molecule has 1 heterocycles. The third kappa shape index (κ3) is 5.12. The monoisotopic (exact) mass is 341 g/mol. The second-order valence-corrected chi connectivity index (χ2v) is 6.99. The van der Waals surface area contributed by atoms with Crippen LogP contribution in [0.1, 0.15) is 43.9 Å². The predicted molar refractivity (Wildman–Crippen MR) is 94.8 cm³/mol. The molecule has 1 aliphatic carbocycles. The van der Waals surface area contributed by atoms with Crippen molar-refractivity contribution in [2.24, 2.45) is 11.8 Å². The van der Waals surface area contributed by atoms with Crippen LogP contribution in [0.2, 0.25) is 0 Å². The number of ether oxygens (including phenoxy) is 1. The van der Waals surface area contributed by atoms with Crippen molar-refractivity contribution in [2.75, 3.05) is 0 Å². The normalized spacial score (nSPS) is 20.2. The molecule has 0 atom stereocenters. The van der Waals surface area contributed by atoms with Gasteiger partial charge in [0.2, 0.25) is 0 Å². The second-order valence-electron chi connectivity index (χ2n) is 6.99. The van der Waals surface area contributed by atoms with Gasteiger partial charge < -0.3 is 4.74 Å². The van der Waals surface area contributed by atoms with Crippen LogP contribution in [-0.4, -0.2) is 11.0 Å². The van der Waals surface area contributed by atoms with E-state index in [0.29, 0.717) is 11.7 Å². The number of benzene rings is 1. The third-order valence-corrected chi connectivity index (χ3v) is 4.95. The molecule has 1 saturated carbocycles. The molecule has 0 unspecified atom stereocenters. The number of aromatic nitrogens is 1. The Morgan fingerprint density at radius 2 is 1.80 bits per heavy atom. The van der Waals surface area contributed by atoms with Gasteiger partial charge in [0.1, 0.15) is 11.6 Å². The quantitative estimate of drug-likeness (QED) is 0.738. The van der Waals surface area contributed by atoms with E-state index in [1.165, 1.54) is 12.1 Å². The number of nitrogens with zero attached hydrogens (tertiary/aromatic N) is 1. The number of halogens is 1. The number of hydrogen-bond donors (Lipinski definition) is 0. The first-order valence-corrected chi connectivity index (χ1v) is 9.01. The first kappa shape index (κ1) is 17.6. The molecule has 1 aliphatic rings. The van der Waals surface area contributed by atoms with Crippen molar-refractivity contribution in [3.05, 3.63) is 59.7 Å². The topological polar surface area (TPSA) is 39.2 Å². The Hall–Kier alpha value is -2.23. The molecule has 0 saturated heterocycles. The van der Waals surface area contributed by atoms with Crippen molar-refractivity contribution in [1.29, 1.82) is 0 Å². The molecule has 0 spiro atoms. The highest BCUT2D eigenvalue weighted by Crippen LogP contribution is 2.29. The van der Waals surface area contributed by atoms with Crippen molar-refractivity contribution in [3.8, 4) is 5.75 Å². The standard InChI is InChI=1S/C21H24FNO2/c1-15-2-7-17(8-3-15)21(24)25-20-13-12-19(23-14-20)11-6-16-4-9-18(22)10-5-16/h4-5,9-10,12-15,17H,2-3,6-8,11H2,1H3. The van der Waals surface area contributed by atoms with Gasteiger partial charge in [-0.3, -0.25) is 9.78 Å². The molecule has 1 aromatic heterocycles. The van der Waals surface area contributed by atoms with Crippen LogP contribution in [0.5, 0.6) is 5.75 Å². The predicted octanol–water partition coefficient (Wildman–Crippen LogP) is 4.74. The Morgan fingerprint density at radius 3 is 2.44 bits per heavy atom. The van der Waals surface area contributed by atoms with E-state index >= 15 is 0 Å². The average Bonchev–Trinajstić information content (AvgIpc) is 2.63. The first-order chi connectivity index (χ1) is 12.1. The Balaban J connectivity index is 1.50. The molecule has 3 nitrogen and oxygen atoms in total. The van der Waals surface area contributed by atoms with E-state index in [4.69, 9.17) is 4.74 Å². The number of hydrogen-bond acceptors (Lipinski definition) is 3. The lowest BCUT2D eigenvalue weighted by Crippen LogP contribution is -2.25. The lowest BCUT2D eigenvalue weighted by atomic mass is 9.83. The Kier molecular flexibility index (Phi) is 5.79. The number of carbonyl (C=O) groups is 1. The van der Waals surface area contributed by atoms with Gasteiger partial charge in [-0.15, -0.1) is 0 Å². The van der Waals surface area contributed by atoms with Crippen molar-refractivity contribution in [2.45, 2.75) is 45.4 Å². The number of esters is 1. The van der Waals surface area contributed by atoms with Crippen molar-refractivity contribution in [1.82, 2.24) is 4.98 Å². The Bertz CT molecular complexity index is 689. The van der Waals surface area contributed by atoms with Gasteiger partial charge in [-0.1, -0.05) is 19.1 Å². The zero-order chi connectivity index (χ0) is 17.6. The van der Waals surface area contributed by atoms with Crippen LogP contribution < -0.4 is 4.74 Å². The van der Waals surface area contributed by atoms with Gasteiger partial charge in [-0.25, -0.2) is 4.39 Å². The van der Waals surface area contributed by atoms with Gasteiger partial charge in [0, 0.05) is 5.69 Å². The summed E-state index contributed by atoms with van der Waals surface area (Å²) >= 11 is 0. The minimum Gasteiger partial charge on any atom is -0.425 e. The van der Waals surface area contributed by atoms with Crippen molar-refractivity contribution < 1.29 is 13.9 Å². The summed E-state index contributed by atoms with van der Waals surface area (Å²) in [5.74, 6) is 0.892. The fourth-order valence-electron chi connectivity index (χ4n) is 3.24. The smallest absolute Gasteiger partial charge is 0.314 e. The largest absolute Gasteiger partial charge is 0.425 e. The summed E-state index contributed by atoms with van der Waals surface area (Å²) in [5.41, 5.74) is 2.00. The number of carbonyl (C=O) groups excluding carboxylic acids is 1. The maximum absolute atomic E-state index is 12.9. The maximum atomic E-state index is 12.9. The highest BCUT2D eigenvalue weighted by Gasteiger charge is 2.25. The van der Waals surface area contributed by atoms with Gasteiger partial charge in [-0.2, -0.15) is 0 Å². The summed E-state index contributed by atoms with van der Waals surface area (Å²) in [7, 11) is 0. The van der Waals surface area contributed by atoms with Gasteiger partial charge in [0.25, 0.3) is 0 Å². The highest BCUT2D eigenvalue weighted by molar-refractivity contribution is 5.75. The summed E-state index contributed by atoms with van der Waals surface area (Å²) in [6.45, 7) is 2.23. The molecular weight excluding hydrogens is 317 g/mol. The van der Waals surface area contributed by atoms with Crippen LogP contribution in [0.15, 0.2) is 42.6 Å². The zero-order valence-electron chi connectivity index (χ0n) is 14.6.